The van der Waals surface area contributed by atoms with Gasteiger partial charge in [-0.15, -0.1) is 0 Å². The molecule has 20 heavy (non-hydrogen) atoms. The first-order valence-electron chi connectivity index (χ1n) is 6.09. The summed E-state index contributed by atoms with van der Waals surface area (Å²) in [6, 6.07) is 4.86. The summed E-state index contributed by atoms with van der Waals surface area (Å²) in [5.41, 5.74) is 6.81. The number of rotatable bonds is 5. The highest BCUT2D eigenvalue weighted by Gasteiger charge is 2.17. The summed E-state index contributed by atoms with van der Waals surface area (Å²) in [7, 11) is 3.01. The first-order chi connectivity index (χ1) is 9.60. The topological polar surface area (TPSA) is 94.7 Å². The highest BCUT2D eigenvalue weighted by molar-refractivity contribution is 6.05. The number of carboxylic acid groups (broad SMARTS) is 1. The number of methoxy groups -OCH3 is 2. The van der Waals surface area contributed by atoms with Crippen molar-refractivity contribution in [2.45, 2.75) is 6.42 Å². The summed E-state index contributed by atoms with van der Waals surface area (Å²) >= 11 is 0. The van der Waals surface area contributed by atoms with Gasteiger partial charge in [-0.3, -0.25) is 4.98 Å². The molecule has 0 amide bonds. The van der Waals surface area contributed by atoms with Gasteiger partial charge in [-0.2, -0.15) is 0 Å². The van der Waals surface area contributed by atoms with Gasteiger partial charge < -0.3 is 20.3 Å². The quantitative estimate of drug-likeness (QED) is 0.858. The van der Waals surface area contributed by atoms with E-state index in [0.29, 0.717) is 41.1 Å². The van der Waals surface area contributed by atoms with Crippen LogP contribution in [0.2, 0.25) is 0 Å². The Balaban J connectivity index is 2.81. The van der Waals surface area contributed by atoms with Gasteiger partial charge in [-0.05, 0) is 12.6 Å². The number of pyridine rings is 1. The molecule has 2 aromatic rings. The van der Waals surface area contributed by atoms with Crippen LogP contribution in [-0.2, 0) is 6.42 Å². The summed E-state index contributed by atoms with van der Waals surface area (Å²) in [6.45, 7) is 0.401. The molecular weight excluding hydrogens is 260 g/mol. The Kier molecular flexibility index (Phi) is 4.05. The zero-order valence-corrected chi connectivity index (χ0v) is 11.3. The predicted octanol–water partition coefficient (Wildman–Crippen LogP) is 1.45. The Bertz CT molecular complexity index is 655. The first kappa shape index (κ1) is 14.1. The molecule has 0 bridgehead atoms. The van der Waals surface area contributed by atoms with Gasteiger partial charge in [-0.25, -0.2) is 4.79 Å². The van der Waals surface area contributed by atoms with Crippen molar-refractivity contribution >= 4 is 16.9 Å². The molecule has 0 aliphatic heterocycles. The predicted molar refractivity (Wildman–Crippen MR) is 74.6 cm³/mol. The Labute approximate surface area is 116 Å². The fraction of sp³-hybridized carbons (Fsp3) is 0.286. The van der Waals surface area contributed by atoms with E-state index in [0.717, 1.165) is 0 Å². The molecule has 3 N–H and O–H groups in total. The van der Waals surface area contributed by atoms with Crippen LogP contribution < -0.4 is 15.2 Å². The van der Waals surface area contributed by atoms with Gasteiger partial charge in [0.05, 0.1) is 30.7 Å². The van der Waals surface area contributed by atoms with Crippen molar-refractivity contribution in [3.05, 3.63) is 29.5 Å². The minimum Gasteiger partial charge on any atom is -0.497 e. The Morgan fingerprint density at radius 3 is 2.60 bits per heavy atom. The highest BCUT2D eigenvalue weighted by Crippen LogP contribution is 2.33. The van der Waals surface area contributed by atoms with E-state index in [2.05, 4.69) is 4.98 Å². The zero-order chi connectivity index (χ0) is 14.7. The molecule has 0 spiro atoms. The monoisotopic (exact) mass is 276 g/mol. The van der Waals surface area contributed by atoms with E-state index >= 15 is 0 Å². The zero-order valence-electron chi connectivity index (χ0n) is 11.3. The van der Waals surface area contributed by atoms with E-state index in [-0.39, 0.29) is 5.56 Å². The van der Waals surface area contributed by atoms with Gasteiger partial charge in [0.25, 0.3) is 0 Å². The molecule has 1 aromatic carbocycles. The smallest absolute Gasteiger partial charge is 0.336 e. The molecule has 0 atom stereocenters. The third kappa shape index (κ3) is 2.50. The summed E-state index contributed by atoms with van der Waals surface area (Å²) in [6.07, 6.45) is 0.510. The van der Waals surface area contributed by atoms with Gasteiger partial charge in [-0.1, -0.05) is 0 Å². The number of ether oxygens (including phenoxy) is 2. The summed E-state index contributed by atoms with van der Waals surface area (Å²) in [5, 5.41) is 9.84. The number of carboxylic acids is 1. The maximum atomic E-state index is 11.4. The lowest BCUT2D eigenvalue weighted by Crippen LogP contribution is -2.08. The molecule has 0 radical (unpaired) electrons. The van der Waals surface area contributed by atoms with Gasteiger partial charge in [0.2, 0.25) is 0 Å². The van der Waals surface area contributed by atoms with Crippen molar-refractivity contribution in [2.75, 3.05) is 20.8 Å². The standard InChI is InChI=1S/C14H16N2O4/c1-19-9-6-11-13(12(7-9)20-2)10(14(17)18)5-8(16-11)3-4-15/h5-7H,3-4,15H2,1-2H3,(H,17,18). The third-order valence-corrected chi connectivity index (χ3v) is 2.99. The van der Waals surface area contributed by atoms with Crippen LogP contribution in [0.1, 0.15) is 16.1 Å². The lowest BCUT2D eigenvalue weighted by molar-refractivity contribution is 0.0698. The first-order valence-corrected chi connectivity index (χ1v) is 6.09. The minimum atomic E-state index is -1.03. The fourth-order valence-electron chi connectivity index (χ4n) is 2.08. The van der Waals surface area contributed by atoms with Crippen molar-refractivity contribution in [2.24, 2.45) is 5.73 Å². The summed E-state index contributed by atoms with van der Waals surface area (Å²) in [5.74, 6) is -0.0502. The average molecular weight is 276 g/mol. The lowest BCUT2D eigenvalue weighted by atomic mass is 10.1. The highest BCUT2D eigenvalue weighted by atomic mass is 16.5. The van der Waals surface area contributed by atoms with E-state index in [1.54, 1.807) is 12.1 Å². The van der Waals surface area contributed by atoms with E-state index < -0.39 is 5.97 Å². The molecule has 106 valence electrons. The second-order valence-electron chi connectivity index (χ2n) is 4.23. The minimum absolute atomic E-state index is 0.151. The molecule has 1 aromatic heterocycles. The maximum Gasteiger partial charge on any atom is 0.336 e. The number of aromatic nitrogens is 1. The summed E-state index contributed by atoms with van der Waals surface area (Å²) < 4.78 is 10.4. The third-order valence-electron chi connectivity index (χ3n) is 2.99. The molecule has 6 nitrogen and oxygen atoms in total. The number of hydrogen-bond acceptors (Lipinski definition) is 5. The number of hydrogen-bond donors (Lipinski definition) is 2. The van der Waals surface area contributed by atoms with Gasteiger partial charge in [0.15, 0.2) is 0 Å². The van der Waals surface area contributed by atoms with Crippen LogP contribution in [-0.4, -0.2) is 36.8 Å². The Morgan fingerprint density at radius 2 is 2.05 bits per heavy atom. The van der Waals surface area contributed by atoms with Crippen molar-refractivity contribution in [1.82, 2.24) is 4.98 Å². The van der Waals surface area contributed by atoms with E-state index in [4.69, 9.17) is 15.2 Å². The maximum absolute atomic E-state index is 11.4. The van der Waals surface area contributed by atoms with Crippen molar-refractivity contribution in [3.8, 4) is 11.5 Å². The number of carbonyl (C=O) groups is 1. The molecule has 0 aliphatic carbocycles. The van der Waals surface area contributed by atoms with Gasteiger partial charge in [0, 0.05) is 24.2 Å². The van der Waals surface area contributed by atoms with E-state index in [1.165, 1.54) is 20.3 Å². The molecule has 6 heteroatoms. The molecule has 0 saturated carbocycles. The summed E-state index contributed by atoms with van der Waals surface area (Å²) in [4.78, 5) is 15.9. The normalized spacial score (nSPS) is 10.6. The van der Waals surface area contributed by atoms with Crippen molar-refractivity contribution in [1.29, 1.82) is 0 Å². The SMILES string of the molecule is COc1cc(OC)c2c(C(=O)O)cc(CCN)nc2c1. The van der Waals surface area contributed by atoms with Crippen LogP contribution in [0.25, 0.3) is 10.9 Å². The van der Waals surface area contributed by atoms with E-state index in [1.807, 2.05) is 0 Å². The second kappa shape index (κ2) is 5.75. The molecule has 2 rings (SSSR count). The van der Waals surface area contributed by atoms with Crippen molar-refractivity contribution < 1.29 is 19.4 Å². The van der Waals surface area contributed by atoms with Crippen LogP contribution in [0, 0.1) is 0 Å². The van der Waals surface area contributed by atoms with E-state index in [9.17, 15) is 9.90 Å². The molecule has 0 aliphatic rings. The molecule has 1 heterocycles. The van der Waals surface area contributed by atoms with Crippen LogP contribution >= 0.6 is 0 Å². The van der Waals surface area contributed by atoms with Crippen LogP contribution in [0.5, 0.6) is 11.5 Å². The lowest BCUT2D eigenvalue weighted by Gasteiger charge is -2.12. The molecular formula is C14H16N2O4. The number of benzene rings is 1. The second-order valence-corrected chi connectivity index (χ2v) is 4.23. The number of nitrogens with zero attached hydrogens (tertiary/aromatic N) is 1. The average Bonchev–Trinajstić information content (AvgIpc) is 2.45. The van der Waals surface area contributed by atoms with Crippen LogP contribution in [0.3, 0.4) is 0 Å². The Hall–Kier alpha value is -2.34. The van der Waals surface area contributed by atoms with Gasteiger partial charge in [0.1, 0.15) is 11.5 Å². The number of fused-ring (bicyclic) bond motifs is 1. The Morgan fingerprint density at radius 1 is 1.30 bits per heavy atom. The van der Waals surface area contributed by atoms with Crippen LogP contribution in [0.15, 0.2) is 18.2 Å². The van der Waals surface area contributed by atoms with Crippen LogP contribution in [0.4, 0.5) is 0 Å². The molecule has 0 unspecified atom stereocenters. The number of aromatic carboxylic acids is 1. The molecule has 0 fully saturated rings. The van der Waals surface area contributed by atoms with Gasteiger partial charge >= 0.3 is 5.97 Å². The number of nitrogens with two attached hydrogens (primary N) is 1. The van der Waals surface area contributed by atoms with Crippen molar-refractivity contribution in [3.63, 3.8) is 0 Å². The molecule has 0 saturated heterocycles. The fourth-order valence-corrected chi connectivity index (χ4v) is 2.08. The largest absolute Gasteiger partial charge is 0.497 e.